The van der Waals surface area contributed by atoms with E-state index in [9.17, 15) is 22.8 Å². The van der Waals surface area contributed by atoms with Gasteiger partial charge in [0.2, 0.25) is 5.91 Å². The highest BCUT2D eigenvalue weighted by atomic mass is 32.1. The third-order valence-corrected chi connectivity index (χ3v) is 4.24. The minimum Gasteiger partial charge on any atom is -0.355 e. The monoisotopic (exact) mass is 410 g/mol. The summed E-state index contributed by atoms with van der Waals surface area (Å²) in [6.07, 6.45) is -2.59. The van der Waals surface area contributed by atoms with Crippen LogP contribution in [0.15, 0.2) is 35.4 Å². The summed E-state index contributed by atoms with van der Waals surface area (Å²) < 4.78 is 43.6. The first kappa shape index (κ1) is 19.6. The van der Waals surface area contributed by atoms with E-state index in [0.29, 0.717) is 6.54 Å². The van der Waals surface area contributed by atoms with Crippen molar-refractivity contribution in [3.05, 3.63) is 46.5 Å². The van der Waals surface area contributed by atoms with E-state index in [1.165, 1.54) is 18.3 Å². The molecule has 12 heteroatoms. The molecular weight excluding hydrogens is 397 g/mol. The number of pyridine rings is 1. The quantitative estimate of drug-likeness (QED) is 0.690. The predicted molar refractivity (Wildman–Crippen MR) is 94.3 cm³/mol. The number of aromatic nitrogens is 5. The average Bonchev–Trinajstić information content (AvgIpc) is 3.13. The van der Waals surface area contributed by atoms with Crippen LogP contribution in [-0.4, -0.2) is 36.6 Å². The Balaban J connectivity index is 1.90. The number of amides is 1. The van der Waals surface area contributed by atoms with Crippen molar-refractivity contribution in [2.24, 2.45) is 0 Å². The third-order valence-electron chi connectivity index (χ3n) is 3.50. The summed E-state index contributed by atoms with van der Waals surface area (Å²) in [6.45, 7) is 1.90. The Morgan fingerprint density at radius 1 is 1.29 bits per heavy atom. The lowest BCUT2D eigenvalue weighted by Gasteiger charge is -2.06. The largest absolute Gasteiger partial charge is 0.417 e. The Kier molecular flexibility index (Phi) is 5.49. The van der Waals surface area contributed by atoms with Gasteiger partial charge in [0.25, 0.3) is 5.56 Å². The molecule has 3 aromatic heterocycles. The molecule has 0 aliphatic heterocycles. The van der Waals surface area contributed by atoms with E-state index in [1.54, 1.807) is 6.92 Å². The zero-order valence-corrected chi connectivity index (χ0v) is 15.2. The second-order valence-electron chi connectivity index (χ2n) is 5.55. The molecule has 0 spiro atoms. The summed E-state index contributed by atoms with van der Waals surface area (Å²) in [5.41, 5.74) is -1.00. The Labute approximate surface area is 160 Å². The van der Waals surface area contributed by atoms with Crippen LogP contribution in [0.1, 0.15) is 12.5 Å². The van der Waals surface area contributed by atoms with E-state index in [-0.39, 0.29) is 34.5 Å². The molecule has 0 aromatic carbocycles. The second-order valence-corrected chi connectivity index (χ2v) is 6.30. The minimum absolute atomic E-state index is 0.0573. The van der Waals surface area contributed by atoms with E-state index >= 15 is 0 Å². The van der Waals surface area contributed by atoms with E-state index in [1.807, 2.05) is 0 Å². The summed E-state index contributed by atoms with van der Waals surface area (Å²) in [7, 11) is 0. The molecule has 0 aliphatic rings. The number of halogens is 3. The van der Waals surface area contributed by atoms with Crippen molar-refractivity contribution in [3.63, 3.8) is 0 Å². The fourth-order valence-electron chi connectivity index (χ4n) is 2.23. The van der Waals surface area contributed by atoms with Crippen molar-refractivity contribution in [3.8, 4) is 22.1 Å². The molecule has 0 radical (unpaired) electrons. The number of hydrogen-bond donors (Lipinski definition) is 1. The van der Waals surface area contributed by atoms with Gasteiger partial charge in [-0.15, -0.1) is 0 Å². The zero-order chi connectivity index (χ0) is 20.3. The average molecular weight is 410 g/mol. The summed E-state index contributed by atoms with van der Waals surface area (Å²) >= 11 is 0.906. The first-order valence-corrected chi connectivity index (χ1v) is 8.77. The lowest BCUT2D eigenvalue weighted by molar-refractivity contribution is -0.137. The van der Waals surface area contributed by atoms with Gasteiger partial charge in [-0.1, -0.05) is 0 Å². The van der Waals surface area contributed by atoms with Crippen molar-refractivity contribution < 1.29 is 18.0 Å². The molecule has 3 heterocycles. The van der Waals surface area contributed by atoms with Crippen LogP contribution in [0.5, 0.6) is 0 Å². The Bertz CT molecular complexity index is 1060. The number of hydrogen-bond acceptors (Lipinski definition) is 7. The molecule has 3 rings (SSSR count). The molecule has 8 nitrogen and oxygen atoms in total. The molecule has 0 saturated heterocycles. The van der Waals surface area contributed by atoms with Gasteiger partial charge in [-0.3, -0.25) is 14.6 Å². The molecule has 0 bridgehead atoms. The number of nitrogens with zero attached hydrogens (tertiary/aromatic N) is 5. The highest BCUT2D eigenvalue weighted by Crippen LogP contribution is 2.31. The molecule has 0 aliphatic carbocycles. The highest BCUT2D eigenvalue weighted by molar-refractivity contribution is 7.09. The van der Waals surface area contributed by atoms with Crippen LogP contribution in [0, 0.1) is 0 Å². The number of rotatable bonds is 5. The lowest BCUT2D eigenvalue weighted by atomic mass is 10.2. The smallest absolute Gasteiger partial charge is 0.355 e. The SMILES string of the molecule is CCNC(=O)Cn1nc(-c2nc(-c3cncc(C(F)(F)F)c3)ns2)ccc1=O. The number of nitrogens with one attached hydrogen (secondary N) is 1. The van der Waals surface area contributed by atoms with Crippen molar-refractivity contribution >= 4 is 17.4 Å². The first-order chi connectivity index (χ1) is 13.3. The third kappa shape index (κ3) is 4.39. The van der Waals surface area contributed by atoms with Crippen molar-refractivity contribution in [1.82, 2.24) is 29.4 Å². The van der Waals surface area contributed by atoms with Gasteiger partial charge in [-0.25, -0.2) is 9.67 Å². The number of carbonyl (C=O) groups is 1. The van der Waals surface area contributed by atoms with Gasteiger partial charge in [0.1, 0.15) is 12.2 Å². The molecule has 0 atom stereocenters. The topological polar surface area (TPSA) is 103 Å². The summed E-state index contributed by atoms with van der Waals surface area (Å²) in [5, 5.41) is 6.93. The molecule has 146 valence electrons. The molecule has 3 aromatic rings. The van der Waals surface area contributed by atoms with Gasteiger partial charge in [0.05, 0.1) is 5.56 Å². The van der Waals surface area contributed by atoms with Crippen molar-refractivity contribution in [2.75, 3.05) is 6.54 Å². The van der Waals surface area contributed by atoms with Crippen LogP contribution < -0.4 is 10.9 Å². The van der Waals surface area contributed by atoms with Crippen LogP contribution in [-0.2, 0) is 17.5 Å². The van der Waals surface area contributed by atoms with Gasteiger partial charge in [0, 0.05) is 30.6 Å². The van der Waals surface area contributed by atoms with Crippen LogP contribution >= 0.6 is 11.5 Å². The minimum atomic E-state index is -4.53. The molecule has 1 amide bonds. The number of likely N-dealkylation sites (N-methyl/N-ethyl adjacent to an activating group) is 1. The molecule has 0 fully saturated rings. The summed E-state index contributed by atoms with van der Waals surface area (Å²) in [6, 6.07) is 3.54. The van der Waals surface area contributed by atoms with Gasteiger partial charge < -0.3 is 5.32 Å². The second kappa shape index (κ2) is 7.84. The highest BCUT2D eigenvalue weighted by Gasteiger charge is 2.31. The normalized spacial score (nSPS) is 11.4. The maximum atomic E-state index is 12.8. The van der Waals surface area contributed by atoms with E-state index in [0.717, 1.165) is 28.5 Å². The van der Waals surface area contributed by atoms with Gasteiger partial charge in [-0.05, 0) is 30.6 Å². The van der Waals surface area contributed by atoms with E-state index in [4.69, 9.17) is 0 Å². The van der Waals surface area contributed by atoms with Gasteiger partial charge >= 0.3 is 6.18 Å². The van der Waals surface area contributed by atoms with Crippen LogP contribution in [0.3, 0.4) is 0 Å². The summed E-state index contributed by atoms with van der Waals surface area (Å²) in [5.74, 6) is -0.316. The lowest BCUT2D eigenvalue weighted by Crippen LogP contribution is -2.33. The number of carbonyl (C=O) groups excluding carboxylic acids is 1. The summed E-state index contributed by atoms with van der Waals surface area (Å²) in [4.78, 5) is 31.3. The molecule has 0 unspecified atom stereocenters. The Morgan fingerprint density at radius 2 is 2.07 bits per heavy atom. The van der Waals surface area contributed by atoms with Crippen LogP contribution in [0.2, 0.25) is 0 Å². The van der Waals surface area contributed by atoms with E-state index in [2.05, 4.69) is 24.8 Å². The maximum Gasteiger partial charge on any atom is 0.417 e. The fraction of sp³-hybridized carbons (Fsp3) is 0.250. The zero-order valence-electron chi connectivity index (χ0n) is 14.4. The van der Waals surface area contributed by atoms with Gasteiger partial charge in [-0.2, -0.15) is 22.6 Å². The van der Waals surface area contributed by atoms with Crippen LogP contribution in [0.4, 0.5) is 13.2 Å². The van der Waals surface area contributed by atoms with Crippen molar-refractivity contribution in [1.29, 1.82) is 0 Å². The Hall–Kier alpha value is -3.15. The first-order valence-electron chi connectivity index (χ1n) is 7.99. The molecule has 0 saturated carbocycles. The molecule has 28 heavy (non-hydrogen) atoms. The molecule has 1 N–H and O–H groups in total. The Morgan fingerprint density at radius 3 is 2.79 bits per heavy atom. The fourth-order valence-corrected chi connectivity index (χ4v) is 2.88. The van der Waals surface area contributed by atoms with Gasteiger partial charge in [0.15, 0.2) is 10.8 Å². The molecular formula is C16H13F3N6O2S. The number of alkyl halides is 3. The standard InChI is InChI=1S/C16H13F3N6O2S/c1-2-21-12(26)8-25-13(27)4-3-11(23-25)15-22-14(24-28-15)9-5-10(7-20-6-9)16(17,18)19/h3-7H,2,8H2,1H3,(H,21,26). The van der Waals surface area contributed by atoms with Crippen molar-refractivity contribution in [2.45, 2.75) is 19.6 Å². The van der Waals surface area contributed by atoms with E-state index < -0.39 is 17.3 Å². The predicted octanol–water partition coefficient (Wildman–Crippen LogP) is 1.98. The maximum absolute atomic E-state index is 12.8. The van der Waals surface area contributed by atoms with Crippen LogP contribution in [0.25, 0.3) is 22.1 Å².